The molecule has 0 radical (unpaired) electrons. The van der Waals surface area contributed by atoms with Crippen molar-refractivity contribution >= 4 is 0 Å². The van der Waals surface area contributed by atoms with E-state index in [-0.39, 0.29) is 0 Å². The molecule has 0 aromatic carbocycles. The van der Waals surface area contributed by atoms with E-state index in [1.807, 2.05) is 13.8 Å². The van der Waals surface area contributed by atoms with Crippen LogP contribution in [0.2, 0.25) is 0 Å². The van der Waals surface area contributed by atoms with Crippen molar-refractivity contribution in [2.24, 2.45) is 0 Å². The third kappa shape index (κ3) is 9720. The van der Waals surface area contributed by atoms with Crippen LogP contribution in [0.1, 0.15) is 13.8 Å². The zero-order chi connectivity index (χ0) is 8.00. The zero-order valence-corrected chi connectivity index (χ0v) is 6.34. The lowest BCUT2D eigenvalue weighted by Crippen LogP contribution is -1.25. The Bertz CT molecular complexity index is 7.64. The summed E-state index contributed by atoms with van der Waals surface area (Å²) in [5, 5.41) is 21.0. The molecule has 0 spiro atoms. The summed E-state index contributed by atoms with van der Waals surface area (Å²) in [6, 6.07) is 0. The van der Waals surface area contributed by atoms with Crippen LogP contribution in [0.3, 0.4) is 0 Å². The second-order valence-corrected chi connectivity index (χ2v) is 0. The Labute approximate surface area is 51.6 Å². The van der Waals surface area contributed by atoms with Gasteiger partial charge in [0.1, 0.15) is 0 Å². The van der Waals surface area contributed by atoms with Gasteiger partial charge in [0, 0.05) is 21.3 Å². The van der Waals surface area contributed by atoms with E-state index >= 15 is 0 Å². The molecule has 0 aromatic rings. The maximum absolute atomic E-state index is 7.00. The van der Waals surface area contributed by atoms with E-state index in [1.165, 1.54) is 0 Å². The summed E-state index contributed by atoms with van der Waals surface area (Å²) in [5.74, 6) is 0. The van der Waals surface area contributed by atoms with Gasteiger partial charge in [-0.05, 0) is 0 Å². The molecule has 3 heteroatoms. The van der Waals surface area contributed by atoms with Crippen LogP contribution in [-0.2, 0) is 0 Å². The van der Waals surface area contributed by atoms with E-state index < -0.39 is 0 Å². The van der Waals surface area contributed by atoms with Crippen molar-refractivity contribution < 1.29 is 15.3 Å². The van der Waals surface area contributed by atoms with Crippen molar-refractivity contribution in [2.45, 2.75) is 13.8 Å². The molecule has 0 amide bonds. The Morgan fingerprint density at radius 2 is 0.500 bits per heavy atom. The molecule has 8 heavy (non-hydrogen) atoms. The third-order valence-corrected chi connectivity index (χ3v) is 0. The van der Waals surface area contributed by atoms with Gasteiger partial charge in [0.05, 0.1) is 0 Å². The first-order valence-electron chi connectivity index (χ1n) is 2.34. The number of aliphatic hydroxyl groups is 3. The van der Waals surface area contributed by atoms with Gasteiger partial charge < -0.3 is 15.3 Å². The van der Waals surface area contributed by atoms with Gasteiger partial charge in [0.2, 0.25) is 0 Å². The minimum atomic E-state index is 1.00. The van der Waals surface area contributed by atoms with Crippen molar-refractivity contribution in [1.82, 2.24) is 0 Å². The highest BCUT2D eigenvalue weighted by molar-refractivity contribution is 3.50. The molecular formula is C5H18O3. The molecule has 0 saturated heterocycles. The third-order valence-electron chi connectivity index (χ3n) is 0. The van der Waals surface area contributed by atoms with Crippen LogP contribution in [0.5, 0.6) is 0 Å². The van der Waals surface area contributed by atoms with Gasteiger partial charge in [0.15, 0.2) is 0 Å². The fourth-order valence-electron chi connectivity index (χ4n) is 0. The molecule has 3 nitrogen and oxygen atoms in total. The van der Waals surface area contributed by atoms with Crippen LogP contribution in [0.25, 0.3) is 0 Å². The monoisotopic (exact) mass is 126 g/mol. The van der Waals surface area contributed by atoms with Crippen molar-refractivity contribution in [3.05, 3.63) is 0 Å². The maximum Gasteiger partial charge on any atom is 0.0319 e. The first-order valence-corrected chi connectivity index (χ1v) is 2.34. The highest BCUT2D eigenvalue weighted by Crippen LogP contribution is 1.14. The van der Waals surface area contributed by atoms with Gasteiger partial charge in [0.25, 0.3) is 0 Å². The molecular weight excluding hydrogens is 108 g/mol. The second kappa shape index (κ2) is 16500. The Hall–Kier alpha value is -0.120. The van der Waals surface area contributed by atoms with Crippen molar-refractivity contribution in [2.75, 3.05) is 21.3 Å². The smallest absolute Gasteiger partial charge is 0.0319 e. The average molecular weight is 126 g/mol. The van der Waals surface area contributed by atoms with E-state index in [1.54, 1.807) is 0 Å². The summed E-state index contributed by atoms with van der Waals surface area (Å²) in [5.41, 5.74) is 0. The minimum absolute atomic E-state index is 1.00. The quantitative estimate of drug-likeness (QED) is 0.423. The predicted octanol–water partition coefficient (Wildman–Crippen LogP) is -0.148. The minimum Gasteiger partial charge on any atom is -0.400 e. The summed E-state index contributed by atoms with van der Waals surface area (Å²) >= 11 is 0. The Balaban J connectivity index is -0.0000000133. The van der Waals surface area contributed by atoms with E-state index in [0.29, 0.717) is 0 Å². The number of hydrogen-bond acceptors (Lipinski definition) is 3. The highest BCUT2D eigenvalue weighted by Gasteiger charge is 0.932. The van der Waals surface area contributed by atoms with E-state index in [4.69, 9.17) is 15.3 Å². The molecule has 0 aromatic heterocycles. The zero-order valence-electron chi connectivity index (χ0n) is 6.34. The lowest BCUT2D eigenvalue weighted by molar-refractivity contribution is 0.399. The molecule has 56 valence electrons. The van der Waals surface area contributed by atoms with Gasteiger partial charge in [-0.25, -0.2) is 0 Å². The number of hydrogen-bond donors (Lipinski definition) is 3. The lowest BCUT2D eigenvalue weighted by Gasteiger charge is -1.21. The predicted molar refractivity (Wildman–Crippen MR) is 35.8 cm³/mol. The molecule has 0 aliphatic carbocycles. The molecule has 3 N–H and O–H groups in total. The molecule has 0 saturated carbocycles. The fraction of sp³-hybridized carbons (Fsp3) is 1.00. The number of rotatable bonds is 0. The molecule has 0 fully saturated rings. The van der Waals surface area contributed by atoms with Crippen LogP contribution in [0.15, 0.2) is 0 Å². The van der Waals surface area contributed by atoms with Crippen molar-refractivity contribution in [1.29, 1.82) is 0 Å². The molecule has 0 aliphatic heterocycles. The SMILES string of the molecule is CC.CO.CO.CO. The Morgan fingerprint density at radius 1 is 0.500 bits per heavy atom. The molecule has 0 unspecified atom stereocenters. The van der Waals surface area contributed by atoms with Crippen LogP contribution >= 0.6 is 0 Å². The van der Waals surface area contributed by atoms with Crippen molar-refractivity contribution in [3.8, 4) is 0 Å². The first-order chi connectivity index (χ1) is 4.00. The summed E-state index contributed by atoms with van der Waals surface area (Å²) in [6.07, 6.45) is 0. The van der Waals surface area contributed by atoms with Gasteiger partial charge in [-0.15, -0.1) is 0 Å². The van der Waals surface area contributed by atoms with E-state index in [2.05, 4.69) is 0 Å². The van der Waals surface area contributed by atoms with Gasteiger partial charge in [-0.3, -0.25) is 0 Å². The van der Waals surface area contributed by atoms with Gasteiger partial charge >= 0.3 is 0 Å². The lowest BCUT2D eigenvalue weighted by atomic mass is 11.0. The van der Waals surface area contributed by atoms with Gasteiger partial charge in [-0.1, -0.05) is 13.8 Å². The standard InChI is InChI=1S/C2H6.3CH4O/c4*1-2/h1-2H3;3*2H,1H3. The topological polar surface area (TPSA) is 60.7 Å². The molecule has 0 rings (SSSR count). The van der Waals surface area contributed by atoms with Crippen molar-refractivity contribution in [3.63, 3.8) is 0 Å². The Kier molecular flexibility index (Phi) is 51200. The van der Waals surface area contributed by atoms with E-state index in [9.17, 15) is 0 Å². The van der Waals surface area contributed by atoms with E-state index in [0.717, 1.165) is 21.3 Å². The van der Waals surface area contributed by atoms with Crippen LogP contribution in [-0.4, -0.2) is 36.6 Å². The maximum atomic E-state index is 7.00. The summed E-state index contributed by atoms with van der Waals surface area (Å²) in [4.78, 5) is 0. The first kappa shape index (κ1) is 24.8. The Morgan fingerprint density at radius 3 is 0.500 bits per heavy atom. The molecule has 0 bridgehead atoms. The fourth-order valence-corrected chi connectivity index (χ4v) is 0. The van der Waals surface area contributed by atoms with Crippen LogP contribution in [0.4, 0.5) is 0 Å². The van der Waals surface area contributed by atoms with Crippen LogP contribution < -0.4 is 0 Å². The van der Waals surface area contributed by atoms with Gasteiger partial charge in [-0.2, -0.15) is 0 Å². The molecule has 0 atom stereocenters. The summed E-state index contributed by atoms with van der Waals surface area (Å²) < 4.78 is 0. The summed E-state index contributed by atoms with van der Waals surface area (Å²) in [7, 11) is 3.00. The normalized spacial score (nSPS) is 3.00. The highest BCUT2D eigenvalue weighted by atomic mass is 16.2. The number of aliphatic hydroxyl groups excluding tert-OH is 3. The summed E-state index contributed by atoms with van der Waals surface area (Å²) in [6.45, 7) is 4.00. The average Bonchev–Trinajstić information content (AvgIpc) is 2.03. The second-order valence-electron chi connectivity index (χ2n) is 0. The van der Waals surface area contributed by atoms with Crippen LogP contribution in [0, 0.1) is 0 Å². The molecule has 0 aliphatic rings. The molecule has 0 heterocycles. The largest absolute Gasteiger partial charge is 0.400 e.